The topological polar surface area (TPSA) is 100 Å². The average Bonchev–Trinajstić information content (AvgIpc) is 2.89. The lowest BCUT2D eigenvalue weighted by Crippen LogP contribution is -2.40. The zero-order chi connectivity index (χ0) is 25.4. The zero-order valence-corrected chi connectivity index (χ0v) is 21.4. The highest BCUT2D eigenvalue weighted by Gasteiger charge is 2.36. The van der Waals surface area contributed by atoms with E-state index in [1.54, 1.807) is 21.1 Å². The maximum Gasteiger partial charge on any atom is 0.231 e. The van der Waals surface area contributed by atoms with Gasteiger partial charge in [0.05, 0.1) is 39.4 Å². The molecule has 0 amide bonds. The number of benzene rings is 2. The predicted molar refractivity (Wildman–Crippen MR) is 132 cm³/mol. The number of aromatic nitrogens is 2. The van der Waals surface area contributed by atoms with Crippen molar-refractivity contribution in [3.63, 3.8) is 0 Å². The summed E-state index contributed by atoms with van der Waals surface area (Å²) >= 11 is 0. The van der Waals surface area contributed by atoms with Gasteiger partial charge in [0.1, 0.15) is 22.9 Å². The number of nitrogens with zero attached hydrogens (tertiary/aromatic N) is 3. The van der Waals surface area contributed by atoms with Gasteiger partial charge in [-0.3, -0.25) is 4.98 Å². The van der Waals surface area contributed by atoms with Crippen molar-refractivity contribution < 1.29 is 27.4 Å². The Morgan fingerprint density at radius 2 is 1.29 bits per heavy atom. The summed E-state index contributed by atoms with van der Waals surface area (Å²) in [6.07, 6.45) is 2.08. The summed E-state index contributed by atoms with van der Waals surface area (Å²) in [6.45, 7) is 1.96. The van der Waals surface area contributed by atoms with E-state index in [-0.39, 0.29) is 13.1 Å². The monoisotopic (exact) mass is 501 g/mol. The second kappa shape index (κ2) is 12.0. The fraction of sp³-hybridized carbons (Fsp3) is 0.360. The molecule has 0 aliphatic rings. The molecule has 9 nitrogen and oxygen atoms in total. The Kier molecular flexibility index (Phi) is 9.02. The number of hydrogen-bond acceptors (Lipinski definition) is 8. The van der Waals surface area contributed by atoms with Crippen LogP contribution >= 0.6 is 0 Å². The van der Waals surface area contributed by atoms with Crippen LogP contribution in [0.4, 0.5) is 0 Å². The summed E-state index contributed by atoms with van der Waals surface area (Å²) in [5, 5.41) is -0.938. The molecule has 0 N–H and O–H groups in total. The summed E-state index contributed by atoms with van der Waals surface area (Å²) in [5.41, 5.74) is 2.06. The van der Waals surface area contributed by atoms with Gasteiger partial charge >= 0.3 is 0 Å². The van der Waals surface area contributed by atoms with Crippen LogP contribution in [0.3, 0.4) is 0 Å². The lowest BCUT2D eigenvalue weighted by molar-refractivity contribution is 0.0964. The zero-order valence-electron chi connectivity index (χ0n) is 20.5. The van der Waals surface area contributed by atoms with E-state index in [1.807, 2.05) is 48.5 Å². The van der Waals surface area contributed by atoms with Crippen LogP contribution < -0.4 is 14.2 Å². The second-order valence-corrected chi connectivity index (χ2v) is 10.1. The highest BCUT2D eigenvalue weighted by Crippen LogP contribution is 2.29. The summed E-state index contributed by atoms with van der Waals surface area (Å²) in [6, 6.07) is 14.6. The van der Waals surface area contributed by atoms with E-state index < -0.39 is 21.4 Å². The molecule has 35 heavy (non-hydrogen) atoms. The fourth-order valence-electron chi connectivity index (χ4n) is 3.63. The first kappa shape index (κ1) is 26.4. The van der Waals surface area contributed by atoms with Crippen molar-refractivity contribution in [3.05, 3.63) is 77.7 Å². The number of ether oxygens (including phenoxy) is 4. The molecule has 0 unspecified atom stereocenters. The first-order chi connectivity index (χ1) is 16.8. The van der Waals surface area contributed by atoms with Gasteiger partial charge < -0.3 is 18.9 Å². The van der Waals surface area contributed by atoms with Crippen LogP contribution in [0.2, 0.25) is 0 Å². The highest BCUT2D eigenvalue weighted by molar-refractivity contribution is 7.89. The van der Waals surface area contributed by atoms with Crippen molar-refractivity contribution in [3.8, 4) is 17.4 Å². The van der Waals surface area contributed by atoms with Gasteiger partial charge in [-0.1, -0.05) is 24.3 Å². The highest BCUT2D eigenvalue weighted by atomic mass is 32.2. The lowest BCUT2D eigenvalue weighted by atomic mass is 10.2. The molecule has 2 atom stereocenters. The molecule has 0 radical (unpaired) electrons. The predicted octanol–water partition coefficient (Wildman–Crippen LogP) is 3.61. The Morgan fingerprint density at radius 1 is 0.771 bits per heavy atom. The molecule has 3 rings (SSSR count). The first-order valence-corrected chi connectivity index (χ1v) is 12.5. The van der Waals surface area contributed by atoms with Crippen molar-refractivity contribution in [2.45, 2.75) is 31.4 Å². The van der Waals surface area contributed by atoms with Crippen molar-refractivity contribution in [2.24, 2.45) is 0 Å². The SMILES string of the molecule is COc1ccc(CN(Cc2ccc(OC)cc2)S(=O)(=O)[C@H](C)[C@@H](OC)c2cnc(OC)cn2)cc1. The molecule has 188 valence electrons. The third-order valence-corrected chi connectivity index (χ3v) is 7.86. The van der Waals surface area contributed by atoms with Gasteiger partial charge in [-0.05, 0) is 42.3 Å². The molecule has 0 aliphatic carbocycles. The normalized spacial score (nSPS) is 13.3. The quantitative estimate of drug-likeness (QED) is 0.371. The molecule has 0 aliphatic heterocycles. The second-order valence-electron chi connectivity index (χ2n) is 7.85. The fourth-order valence-corrected chi connectivity index (χ4v) is 5.32. The minimum absolute atomic E-state index is 0.174. The molecule has 2 aromatic carbocycles. The summed E-state index contributed by atoms with van der Waals surface area (Å²) < 4.78 is 50.4. The third kappa shape index (κ3) is 6.47. The molecule has 10 heteroatoms. The number of hydrogen-bond donors (Lipinski definition) is 0. The van der Waals surface area contributed by atoms with Crippen LogP contribution in [-0.2, 0) is 27.8 Å². The van der Waals surface area contributed by atoms with Crippen LogP contribution in [0.1, 0.15) is 29.8 Å². The minimum Gasteiger partial charge on any atom is -0.497 e. The van der Waals surface area contributed by atoms with Crippen LogP contribution in [0.25, 0.3) is 0 Å². The maximum atomic E-state index is 13.9. The van der Waals surface area contributed by atoms with E-state index in [9.17, 15) is 8.42 Å². The van der Waals surface area contributed by atoms with Gasteiger partial charge in [0.25, 0.3) is 0 Å². The Bertz CT molecular complexity index is 1120. The van der Waals surface area contributed by atoms with Crippen LogP contribution in [0, 0.1) is 0 Å². The number of sulfonamides is 1. The minimum atomic E-state index is -3.86. The molecule has 1 aromatic heterocycles. The Labute approximate surface area is 206 Å². The van der Waals surface area contributed by atoms with Crippen LogP contribution in [0.15, 0.2) is 60.9 Å². The van der Waals surface area contributed by atoms with Gasteiger partial charge in [-0.25, -0.2) is 13.4 Å². The molecule has 0 fully saturated rings. The Balaban J connectivity index is 1.93. The molecule has 3 aromatic rings. The average molecular weight is 502 g/mol. The molecule has 1 heterocycles. The molecular formula is C25H31N3O6S. The third-order valence-electron chi connectivity index (χ3n) is 5.69. The van der Waals surface area contributed by atoms with Gasteiger partial charge in [0.15, 0.2) is 0 Å². The van der Waals surface area contributed by atoms with Crippen molar-refractivity contribution >= 4 is 10.0 Å². The van der Waals surface area contributed by atoms with E-state index in [0.29, 0.717) is 23.1 Å². The molecule has 0 saturated carbocycles. The van der Waals surface area contributed by atoms with Gasteiger partial charge in [-0.15, -0.1) is 0 Å². The summed E-state index contributed by atoms with van der Waals surface area (Å²) in [7, 11) is 2.26. The lowest BCUT2D eigenvalue weighted by Gasteiger charge is -2.29. The summed E-state index contributed by atoms with van der Waals surface area (Å²) in [4.78, 5) is 8.44. The van der Waals surface area contributed by atoms with Crippen LogP contribution in [-0.4, -0.2) is 56.4 Å². The molecule has 0 spiro atoms. The molecular weight excluding hydrogens is 470 g/mol. The number of methoxy groups -OCH3 is 4. The Hall–Kier alpha value is -3.21. The van der Waals surface area contributed by atoms with Crippen LogP contribution in [0.5, 0.6) is 17.4 Å². The Morgan fingerprint density at radius 3 is 1.66 bits per heavy atom. The maximum absolute atomic E-state index is 13.9. The van der Waals surface area contributed by atoms with Gasteiger partial charge in [0, 0.05) is 20.2 Å². The van der Waals surface area contributed by atoms with Gasteiger partial charge in [0.2, 0.25) is 15.9 Å². The van der Waals surface area contributed by atoms with Crippen molar-refractivity contribution in [1.29, 1.82) is 0 Å². The van der Waals surface area contributed by atoms with E-state index in [4.69, 9.17) is 18.9 Å². The largest absolute Gasteiger partial charge is 0.497 e. The van der Waals surface area contributed by atoms with Crippen molar-refractivity contribution in [2.75, 3.05) is 28.4 Å². The first-order valence-electron chi connectivity index (χ1n) is 11.0. The smallest absolute Gasteiger partial charge is 0.231 e. The van der Waals surface area contributed by atoms with E-state index in [2.05, 4.69) is 9.97 Å². The van der Waals surface area contributed by atoms with Gasteiger partial charge in [-0.2, -0.15) is 4.31 Å². The molecule has 0 saturated heterocycles. The van der Waals surface area contributed by atoms with E-state index in [0.717, 1.165) is 11.1 Å². The number of rotatable bonds is 12. The molecule has 0 bridgehead atoms. The van der Waals surface area contributed by atoms with E-state index in [1.165, 1.54) is 30.9 Å². The van der Waals surface area contributed by atoms with Crippen molar-refractivity contribution in [1.82, 2.24) is 14.3 Å². The summed E-state index contributed by atoms with van der Waals surface area (Å²) in [5.74, 6) is 1.73. The van der Waals surface area contributed by atoms with E-state index >= 15 is 0 Å². The standard InChI is InChI=1S/C25H31N3O6S/c1-18(25(34-5)23-14-27-24(33-4)15-26-23)35(29,30)28(16-19-6-10-21(31-2)11-7-19)17-20-8-12-22(32-3)13-9-20/h6-15,18,25H,16-17H2,1-5H3/t18-,25-/m1/s1.